The molecule has 0 fully saturated rings. The zero-order valence-corrected chi connectivity index (χ0v) is 14.3. The van der Waals surface area contributed by atoms with Crippen LogP contribution in [-0.2, 0) is 21.1 Å². The highest BCUT2D eigenvalue weighted by molar-refractivity contribution is 7.94. The monoisotopic (exact) mass is 359 g/mol. The summed E-state index contributed by atoms with van der Waals surface area (Å²) < 4.78 is 36.7. The van der Waals surface area contributed by atoms with Gasteiger partial charge in [0.05, 0.1) is 11.8 Å². The third-order valence-electron chi connectivity index (χ3n) is 4.09. The molecule has 6 heteroatoms. The summed E-state index contributed by atoms with van der Waals surface area (Å²) >= 11 is 0. The van der Waals surface area contributed by atoms with Crippen LogP contribution < -0.4 is 4.90 Å². The average Bonchev–Trinajstić information content (AvgIpc) is 2.95. The second kappa shape index (κ2) is 7.19. The number of aryl methyl sites for hydroxylation is 1. The Bertz CT molecular complexity index is 877. The summed E-state index contributed by atoms with van der Waals surface area (Å²) in [6.07, 6.45) is 2.31. The molecule has 1 amide bonds. The number of nitrogens with zero attached hydrogens (tertiary/aromatic N) is 1. The highest BCUT2D eigenvalue weighted by atomic mass is 32.2. The Balaban J connectivity index is 1.82. The molecule has 2 aromatic rings. The molecule has 0 radical (unpaired) electrons. The quantitative estimate of drug-likeness (QED) is 0.824. The van der Waals surface area contributed by atoms with Gasteiger partial charge in [0.1, 0.15) is 5.82 Å². The van der Waals surface area contributed by atoms with Gasteiger partial charge in [0.15, 0.2) is 9.84 Å². The van der Waals surface area contributed by atoms with E-state index in [-0.39, 0.29) is 18.1 Å². The van der Waals surface area contributed by atoms with E-state index in [1.54, 1.807) is 0 Å². The van der Waals surface area contributed by atoms with Crippen LogP contribution in [0.25, 0.3) is 0 Å². The van der Waals surface area contributed by atoms with Crippen LogP contribution in [0.15, 0.2) is 66.1 Å². The van der Waals surface area contributed by atoms with Gasteiger partial charge in [0.2, 0.25) is 5.91 Å². The van der Waals surface area contributed by atoms with Crippen molar-refractivity contribution in [1.29, 1.82) is 0 Å². The molecule has 25 heavy (non-hydrogen) atoms. The topological polar surface area (TPSA) is 54.5 Å². The summed E-state index contributed by atoms with van der Waals surface area (Å²) in [6.45, 7) is 0. The molecule has 0 aromatic heterocycles. The van der Waals surface area contributed by atoms with Crippen molar-refractivity contribution in [3.05, 3.63) is 77.5 Å². The summed E-state index contributed by atoms with van der Waals surface area (Å²) in [5, 5.41) is 1.14. The van der Waals surface area contributed by atoms with E-state index >= 15 is 0 Å². The first kappa shape index (κ1) is 17.4. The summed E-state index contributed by atoms with van der Waals surface area (Å²) in [7, 11) is -3.31. The van der Waals surface area contributed by atoms with E-state index in [9.17, 15) is 17.6 Å². The van der Waals surface area contributed by atoms with Gasteiger partial charge in [-0.15, -0.1) is 0 Å². The highest BCUT2D eigenvalue weighted by Crippen LogP contribution is 2.24. The predicted molar refractivity (Wildman–Crippen MR) is 95.4 cm³/mol. The lowest BCUT2D eigenvalue weighted by Crippen LogP contribution is -2.41. The molecule has 0 spiro atoms. The number of hydrogen-bond donors (Lipinski definition) is 0. The van der Waals surface area contributed by atoms with Gasteiger partial charge in [0, 0.05) is 17.5 Å². The van der Waals surface area contributed by atoms with E-state index in [0.717, 1.165) is 11.0 Å². The normalized spacial score (nSPS) is 18.2. The summed E-state index contributed by atoms with van der Waals surface area (Å²) in [6, 6.07) is 14.5. The van der Waals surface area contributed by atoms with Gasteiger partial charge in [-0.25, -0.2) is 12.8 Å². The van der Waals surface area contributed by atoms with Gasteiger partial charge in [-0.05, 0) is 42.3 Å². The maximum absolute atomic E-state index is 13.2. The first-order valence-electron chi connectivity index (χ1n) is 7.97. The lowest BCUT2D eigenvalue weighted by atomic mass is 10.1. The highest BCUT2D eigenvalue weighted by Gasteiger charge is 2.31. The standard InChI is InChI=1S/C19H18FNO3S/c20-16-7-9-17(10-8-16)21(18-12-13-25(23,24)14-18)19(22)11-6-15-4-2-1-3-5-15/h1-5,7-10,12-13,18H,6,11,14H2. The zero-order chi connectivity index (χ0) is 17.9. The van der Waals surface area contributed by atoms with Gasteiger partial charge in [-0.3, -0.25) is 4.79 Å². The molecule has 1 heterocycles. The number of benzene rings is 2. The number of sulfone groups is 1. The van der Waals surface area contributed by atoms with E-state index < -0.39 is 21.7 Å². The molecule has 1 unspecified atom stereocenters. The molecule has 1 aliphatic heterocycles. The number of halogens is 1. The van der Waals surface area contributed by atoms with Gasteiger partial charge in [-0.1, -0.05) is 30.3 Å². The van der Waals surface area contributed by atoms with Crippen molar-refractivity contribution in [3.8, 4) is 0 Å². The van der Waals surface area contributed by atoms with E-state index in [1.165, 1.54) is 35.2 Å². The molecule has 0 aliphatic carbocycles. The molecular weight excluding hydrogens is 341 g/mol. The fourth-order valence-electron chi connectivity index (χ4n) is 2.86. The summed E-state index contributed by atoms with van der Waals surface area (Å²) in [4.78, 5) is 14.3. The van der Waals surface area contributed by atoms with Crippen LogP contribution in [0.4, 0.5) is 10.1 Å². The number of rotatable bonds is 5. The largest absolute Gasteiger partial charge is 0.304 e. The van der Waals surface area contributed by atoms with Crippen LogP contribution in [0, 0.1) is 5.82 Å². The molecule has 1 atom stereocenters. The minimum atomic E-state index is -3.31. The average molecular weight is 359 g/mol. The Morgan fingerprint density at radius 2 is 1.76 bits per heavy atom. The minimum absolute atomic E-state index is 0.151. The molecule has 2 aromatic carbocycles. The Kier molecular flexibility index (Phi) is 4.99. The van der Waals surface area contributed by atoms with Crippen molar-refractivity contribution in [1.82, 2.24) is 0 Å². The van der Waals surface area contributed by atoms with E-state index in [2.05, 4.69) is 0 Å². The maximum atomic E-state index is 13.2. The van der Waals surface area contributed by atoms with Crippen molar-refractivity contribution in [2.24, 2.45) is 0 Å². The number of hydrogen-bond acceptors (Lipinski definition) is 3. The zero-order valence-electron chi connectivity index (χ0n) is 13.5. The van der Waals surface area contributed by atoms with E-state index in [0.29, 0.717) is 12.1 Å². The lowest BCUT2D eigenvalue weighted by Gasteiger charge is -2.28. The van der Waals surface area contributed by atoms with Gasteiger partial charge in [-0.2, -0.15) is 0 Å². The molecule has 0 saturated carbocycles. The van der Waals surface area contributed by atoms with Crippen molar-refractivity contribution in [2.75, 3.05) is 10.7 Å². The third-order valence-corrected chi connectivity index (χ3v) is 5.46. The molecule has 4 nitrogen and oxygen atoms in total. The fraction of sp³-hybridized carbons (Fsp3) is 0.211. The molecular formula is C19H18FNO3S. The third kappa shape index (κ3) is 4.33. The van der Waals surface area contributed by atoms with Gasteiger partial charge in [0.25, 0.3) is 0 Å². The molecule has 0 saturated heterocycles. The maximum Gasteiger partial charge on any atom is 0.227 e. The Morgan fingerprint density at radius 1 is 1.08 bits per heavy atom. The van der Waals surface area contributed by atoms with Crippen LogP contribution in [-0.4, -0.2) is 26.1 Å². The predicted octanol–water partition coefficient (Wildman–Crippen LogP) is 3.10. The molecule has 1 aliphatic rings. The number of anilines is 1. The summed E-state index contributed by atoms with van der Waals surface area (Å²) in [5.74, 6) is -0.751. The lowest BCUT2D eigenvalue weighted by molar-refractivity contribution is -0.118. The molecule has 130 valence electrons. The van der Waals surface area contributed by atoms with Gasteiger partial charge < -0.3 is 4.90 Å². The van der Waals surface area contributed by atoms with Crippen LogP contribution in [0.1, 0.15) is 12.0 Å². The van der Waals surface area contributed by atoms with Crippen LogP contribution in [0.3, 0.4) is 0 Å². The van der Waals surface area contributed by atoms with Crippen molar-refractivity contribution in [3.63, 3.8) is 0 Å². The SMILES string of the molecule is O=C(CCc1ccccc1)N(c1ccc(F)cc1)C1C=CS(=O)(=O)C1. The number of carbonyl (C=O) groups is 1. The first-order chi connectivity index (χ1) is 11.9. The Hall–Kier alpha value is -2.47. The van der Waals surface area contributed by atoms with Crippen LogP contribution >= 0.6 is 0 Å². The van der Waals surface area contributed by atoms with Gasteiger partial charge >= 0.3 is 0 Å². The van der Waals surface area contributed by atoms with E-state index in [4.69, 9.17) is 0 Å². The first-order valence-corrected chi connectivity index (χ1v) is 9.69. The van der Waals surface area contributed by atoms with Crippen molar-refractivity contribution >= 4 is 21.4 Å². The van der Waals surface area contributed by atoms with Crippen LogP contribution in [0.5, 0.6) is 0 Å². The molecule has 0 N–H and O–H groups in total. The smallest absolute Gasteiger partial charge is 0.227 e. The number of carbonyl (C=O) groups excluding carboxylic acids is 1. The molecule has 0 bridgehead atoms. The Morgan fingerprint density at radius 3 is 2.36 bits per heavy atom. The Labute approximate surface area is 146 Å². The van der Waals surface area contributed by atoms with Crippen LogP contribution in [0.2, 0.25) is 0 Å². The summed E-state index contributed by atoms with van der Waals surface area (Å²) in [5.41, 5.74) is 1.52. The van der Waals surface area contributed by atoms with E-state index in [1.807, 2.05) is 30.3 Å². The molecule has 3 rings (SSSR count). The second-order valence-electron chi connectivity index (χ2n) is 5.95. The number of amides is 1. The van der Waals surface area contributed by atoms with Crippen molar-refractivity contribution in [2.45, 2.75) is 18.9 Å². The van der Waals surface area contributed by atoms with Crippen molar-refractivity contribution < 1.29 is 17.6 Å². The minimum Gasteiger partial charge on any atom is -0.304 e. The second-order valence-corrected chi connectivity index (χ2v) is 7.88. The fourth-order valence-corrected chi connectivity index (χ4v) is 4.13.